The van der Waals surface area contributed by atoms with Gasteiger partial charge in [-0.15, -0.1) is 0 Å². The third-order valence-corrected chi connectivity index (χ3v) is 5.30. The molecule has 18 heteroatoms. The molecule has 0 aromatic carbocycles. The second-order valence-corrected chi connectivity index (χ2v) is 9.73. The number of hydrogen-bond acceptors (Lipinski definition) is 16. The Morgan fingerprint density at radius 3 is 0.957 bits per heavy atom. The van der Waals surface area contributed by atoms with Crippen molar-refractivity contribution >= 4 is 47.6 Å². The third-order valence-electron chi connectivity index (χ3n) is 5.30. The zero-order chi connectivity index (χ0) is 36.6. The number of carboxylic acid groups (broad SMARTS) is 6. The number of carbonyl (C=O) groups is 8. The molecule has 0 aromatic heterocycles. The van der Waals surface area contributed by atoms with Gasteiger partial charge in [0, 0.05) is 24.9 Å². The Balaban J connectivity index is -0.000000537. The van der Waals surface area contributed by atoms with Gasteiger partial charge in [-0.3, -0.25) is 19.4 Å². The van der Waals surface area contributed by atoms with Gasteiger partial charge in [0.2, 0.25) is 11.8 Å². The van der Waals surface area contributed by atoms with Gasteiger partial charge in [0.15, 0.2) is 0 Å². The lowest BCUT2D eigenvalue weighted by Gasteiger charge is -2.18. The average molecular weight is 653 g/mol. The quantitative estimate of drug-likeness (QED) is 0.201. The highest BCUT2D eigenvalue weighted by Crippen LogP contribution is 2.17. The summed E-state index contributed by atoms with van der Waals surface area (Å²) in [7, 11) is 7.94. The van der Waals surface area contributed by atoms with E-state index in [1.807, 2.05) is 47.8 Å². The fourth-order valence-corrected chi connectivity index (χ4v) is 2.95. The molecule has 2 fully saturated rings. The molecule has 18 nitrogen and oxygen atoms in total. The van der Waals surface area contributed by atoms with E-state index in [4.69, 9.17) is 59.4 Å². The monoisotopic (exact) mass is 652 g/mol. The summed E-state index contributed by atoms with van der Waals surface area (Å²) in [5.74, 6) is -0.482. The number of aliphatic carboxylic acids is 6. The van der Waals surface area contributed by atoms with Crippen LogP contribution < -0.4 is 30.6 Å². The smallest absolute Gasteiger partial charge is 0.223 e. The molecule has 0 saturated carbocycles. The molecule has 2 aliphatic rings. The van der Waals surface area contributed by atoms with Crippen LogP contribution in [-0.2, 0) is 38.4 Å². The lowest BCUT2D eigenvalue weighted by molar-refractivity contribution is -0.345. The predicted octanol–water partition coefficient (Wildman–Crippen LogP) is -9.42. The van der Waals surface area contributed by atoms with Crippen LogP contribution in [0.4, 0.5) is 0 Å². The first-order chi connectivity index (χ1) is 21.1. The molecule has 46 heavy (non-hydrogen) atoms. The van der Waals surface area contributed by atoms with Gasteiger partial charge in [0.05, 0.1) is 62.0 Å². The minimum absolute atomic E-state index is 0.247. The van der Waals surface area contributed by atoms with Crippen molar-refractivity contribution in [3.63, 3.8) is 0 Å². The minimum Gasteiger partial charge on any atom is -0.543 e. The first-order valence-corrected chi connectivity index (χ1v) is 13.2. The van der Waals surface area contributed by atoms with E-state index in [1.54, 1.807) is 0 Å². The van der Waals surface area contributed by atoms with Gasteiger partial charge < -0.3 is 69.2 Å². The molecular formula is C28H36N4O14-6. The molecule has 0 aromatic rings. The number of hydrogen-bond donors (Lipinski definition) is 0. The van der Waals surface area contributed by atoms with Crippen LogP contribution in [0, 0.1) is 23.7 Å². The van der Waals surface area contributed by atoms with Crippen LogP contribution in [0.5, 0.6) is 0 Å². The number of amides is 2. The largest absolute Gasteiger partial charge is 0.543 e. The van der Waals surface area contributed by atoms with Crippen LogP contribution >= 0.6 is 0 Å². The first kappa shape index (κ1) is 45.2. The van der Waals surface area contributed by atoms with Crippen molar-refractivity contribution in [2.45, 2.75) is 51.6 Å². The topological polar surface area (TPSA) is 288 Å². The Labute approximate surface area is 266 Å². The molecule has 0 spiro atoms. The molecule has 2 saturated heterocycles. The Kier molecular flexibility index (Phi) is 24.7. The van der Waals surface area contributed by atoms with E-state index < -0.39 is 35.8 Å². The third kappa shape index (κ3) is 25.3. The van der Waals surface area contributed by atoms with E-state index in [2.05, 4.69) is 37.5 Å². The predicted molar refractivity (Wildman–Crippen MR) is 144 cm³/mol. The van der Waals surface area contributed by atoms with Crippen LogP contribution in [0.2, 0.25) is 0 Å². The minimum atomic E-state index is -2.19. The molecule has 0 bridgehead atoms. The summed E-state index contributed by atoms with van der Waals surface area (Å²) < 4.78 is 0. The van der Waals surface area contributed by atoms with Crippen molar-refractivity contribution in [1.29, 1.82) is 0 Å². The SMILES string of the molecule is C[C@H]1CCC(=O)N1CC#CCN(C)C.C[C@H]1CCC(=O)N1CC#CCN(C)C.O=C([O-])C(=O)[O-].O=C([O-])C(=O)[O-].O=C([O-])C(=O)[O-]. The van der Waals surface area contributed by atoms with Crippen LogP contribution in [0.15, 0.2) is 0 Å². The summed E-state index contributed by atoms with van der Waals surface area (Å²) in [6.07, 6.45) is 3.34. The number of likely N-dealkylation sites (tertiary alicyclic amines) is 2. The maximum absolute atomic E-state index is 11.4. The van der Waals surface area contributed by atoms with Crippen molar-refractivity contribution in [2.75, 3.05) is 54.4 Å². The van der Waals surface area contributed by atoms with Gasteiger partial charge in [0.1, 0.15) is 0 Å². The maximum atomic E-state index is 11.4. The molecule has 2 atom stereocenters. The summed E-state index contributed by atoms with van der Waals surface area (Å²) >= 11 is 0. The molecule has 0 aliphatic carbocycles. The van der Waals surface area contributed by atoms with Crippen molar-refractivity contribution < 1.29 is 69.0 Å². The van der Waals surface area contributed by atoms with Gasteiger partial charge in [-0.2, -0.15) is 0 Å². The molecule has 0 N–H and O–H groups in total. The van der Waals surface area contributed by atoms with Crippen LogP contribution in [0.25, 0.3) is 0 Å². The maximum Gasteiger partial charge on any atom is 0.223 e. The number of carbonyl (C=O) groups excluding carboxylic acids is 8. The molecule has 0 radical (unpaired) electrons. The molecule has 2 heterocycles. The fourth-order valence-electron chi connectivity index (χ4n) is 2.95. The second kappa shape index (κ2) is 25.2. The molecule has 0 unspecified atom stereocenters. The van der Waals surface area contributed by atoms with Gasteiger partial charge in [-0.1, -0.05) is 23.7 Å². The second-order valence-electron chi connectivity index (χ2n) is 9.73. The lowest BCUT2D eigenvalue weighted by atomic mass is 10.2. The highest BCUT2D eigenvalue weighted by molar-refractivity contribution is 6.25. The lowest BCUT2D eigenvalue weighted by Crippen LogP contribution is -2.42. The van der Waals surface area contributed by atoms with Crippen LogP contribution in [0.3, 0.4) is 0 Å². The van der Waals surface area contributed by atoms with E-state index in [1.165, 1.54) is 0 Å². The van der Waals surface area contributed by atoms with E-state index in [0.717, 1.165) is 25.9 Å². The number of carboxylic acids is 6. The van der Waals surface area contributed by atoms with Gasteiger partial charge in [0.25, 0.3) is 0 Å². The number of nitrogens with zero attached hydrogens (tertiary/aromatic N) is 4. The Bertz CT molecular complexity index is 1040. The zero-order valence-corrected chi connectivity index (χ0v) is 26.3. The Morgan fingerprint density at radius 1 is 0.565 bits per heavy atom. The molecule has 2 aliphatic heterocycles. The van der Waals surface area contributed by atoms with E-state index in [0.29, 0.717) is 38.0 Å². The standard InChI is InChI=1S/2C11H18N2O.3C2H2O4/c2*1-10-6-7-11(14)13(10)9-5-4-8-12(2)3;3*3-1(4)2(5)6/h2*10H,6-9H2,1-3H3;3*(H,3,4)(H,5,6)/p-6/t2*10-;;;/m00.../s1. The first-order valence-electron chi connectivity index (χ1n) is 13.2. The van der Waals surface area contributed by atoms with Crippen molar-refractivity contribution in [1.82, 2.24) is 19.6 Å². The van der Waals surface area contributed by atoms with Gasteiger partial charge in [-0.05, 0) is 54.9 Å². The normalized spacial score (nSPS) is 15.8. The molecular weight excluding hydrogens is 616 g/mol. The molecule has 258 valence electrons. The summed E-state index contributed by atoms with van der Waals surface area (Å²) in [6.45, 7) is 6.87. The Hall–Kier alpha value is -5.20. The molecule has 2 amide bonds. The Morgan fingerprint density at radius 2 is 0.804 bits per heavy atom. The van der Waals surface area contributed by atoms with E-state index in [-0.39, 0.29) is 11.8 Å². The fraction of sp³-hybridized carbons (Fsp3) is 0.571. The van der Waals surface area contributed by atoms with Crippen LogP contribution in [0.1, 0.15) is 39.5 Å². The molecule has 2 rings (SSSR count). The van der Waals surface area contributed by atoms with E-state index in [9.17, 15) is 9.59 Å². The summed E-state index contributed by atoms with van der Waals surface area (Å²) in [5.41, 5.74) is 0. The zero-order valence-electron chi connectivity index (χ0n) is 26.3. The average Bonchev–Trinajstić information content (AvgIpc) is 3.44. The summed E-state index contributed by atoms with van der Waals surface area (Å²) in [6, 6.07) is 0.743. The van der Waals surface area contributed by atoms with Gasteiger partial charge >= 0.3 is 0 Å². The summed E-state index contributed by atoms with van der Waals surface area (Å²) in [4.78, 5) is 84.0. The van der Waals surface area contributed by atoms with E-state index >= 15 is 0 Å². The van der Waals surface area contributed by atoms with Crippen molar-refractivity contribution in [3.05, 3.63) is 0 Å². The van der Waals surface area contributed by atoms with Gasteiger partial charge in [-0.25, -0.2) is 0 Å². The van der Waals surface area contributed by atoms with Crippen molar-refractivity contribution in [3.8, 4) is 23.7 Å². The van der Waals surface area contributed by atoms with Crippen LogP contribution in [-0.4, -0.2) is 134 Å². The summed E-state index contributed by atoms with van der Waals surface area (Å²) in [5, 5.41) is 53.6. The number of rotatable bonds is 4. The highest BCUT2D eigenvalue weighted by Gasteiger charge is 2.26. The highest BCUT2D eigenvalue weighted by atomic mass is 16.5. The van der Waals surface area contributed by atoms with Crippen molar-refractivity contribution in [2.24, 2.45) is 0 Å².